The molecular weight excluding hydrogens is 568 g/mol. The third-order valence-electron chi connectivity index (χ3n) is 7.16. The highest BCUT2D eigenvalue weighted by atomic mass is 16.6. The van der Waals surface area contributed by atoms with Crippen molar-refractivity contribution in [1.82, 2.24) is 14.8 Å². The van der Waals surface area contributed by atoms with Gasteiger partial charge in [0, 0.05) is 42.9 Å². The Morgan fingerprint density at radius 3 is 2.57 bits per heavy atom. The number of esters is 1. The number of carbonyl (C=O) groups is 1. The molecule has 0 saturated carbocycles. The number of methoxy groups -OCH3 is 2. The monoisotopic (exact) mass is 602 g/mol. The minimum atomic E-state index is -0.593. The lowest BCUT2D eigenvalue weighted by atomic mass is 10.1. The van der Waals surface area contributed by atoms with Crippen molar-refractivity contribution in [1.29, 1.82) is 0 Å². The molecule has 0 aliphatic carbocycles. The lowest BCUT2D eigenvalue weighted by Gasteiger charge is -2.29. The molecule has 1 N–H and O–H groups in total. The number of nitrogens with zero attached hydrogens (tertiary/aromatic N) is 5. The van der Waals surface area contributed by atoms with E-state index in [-0.39, 0.29) is 36.2 Å². The van der Waals surface area contributed by atoms with Crippen LogP contribution < -0.4 is 19.7 Å². The Hall–Kier alpha value is -5.17. The van der Waals surface area contributed by atoms with Crippen LogP contribution >= 0.6 is 0 Å². The van der Waals surface area contributed by atoms with Crippen LogP contribution in [0.15, 0.2) is 54.6 Å². The molecular formula is C31H34N6O7. The number of ether oxygens (including phenoxy) is 4. The smallest absolute Gasteiger partial charge is 0.357 e. The van der Waals surface area contributed by atoms with Gasteiger partial charge in [-0.2, -0.15) is 5.10 Å². The molecule has 2 aromatic heterocycles. The Balaban J connectivity index is 1.66. The van der Waals surface area contributed by atoms with Crippen molar-refractivity contribution in [3.63, 3.8) is 0 Å². The second-order valence-corrected chi connectivity index (χ2v) is 10.0. The van der Waals surface area contributed by atoms with E-state index in [0.717, 1.165) is 16.7 Å². The van der Waals surface area contributed by atoms with E-state index in [1.807, 2.05) is 42.2 Å². The Bertz CT molecular complexity index is 1670. The molecule has 0 spiro atoms. The summed E-state index contributed by atoms with van der Waals surface area (Å²) in [7, 11) is 3.10. The average Bonchev–Trinajstić information content (AvgIpc) is 3.49. The Morgan fingerprint density at radius 2 is 1.89 bits per heavy atom. The van der Waals surface area contributed by atoms with Gasteiger partial charge >= 0.3 is 11.7 Å². The van der Waals surface area contributed by atoms with Gasteiger partial charge in [0.25, 0.3) is 0 Å². The van der Waals surface area contributed by atoms with Crippen molar-refractivity contribution in [3.8, 4) is 28.6 Å². The number of aromatic nitrogens is 3. The molecule has 4 aromatic rings. The summed E-state index contributed by atoms with van der Waals surface area (Å²) in [4.78, 5) is 31.8. The van der Waals surface area contributed by atoms with Gasteiger partial charge in [-0.1, -0.05) is 23.8 Å². The molecule has 1 fully saturated rings. The van der Waals surface area contributed by atoms with Crippen molar-refractivity contribution in [2.24, 2.45) is 0 Å². The van der Waals surface area contributed by atoms with Gasteiger partial charge in [-0.15, -0.1) is 0 Å². The molecule has 1 aliphatic rings. The number of pyridine rings is 1. The van der Waals surface area contributed by atoms with Crippen molar-refractivity contribution >= 4 is 23.2 Å². The molecule has 2 aromatic carbocycles. The normalized spacial score (nSPS) is 13.0. The van der Waals surface area contributed by atoms with Gasteiger partial charge in [0.1, 0.15) is 17.2 Å². The van der Waals surface area contributed by atoms with Gasteiger partial charge in [-0.25, -0.2) is 14.5 Å². The van der Waals surface area contributed by atoms with E-state index >= 15 is 0 Å². The largest absolute Gasteiger partial charge is 0.497 e. The predicted molar refractivity (Wildman–Crippen MR) is 164 cm³/mol. The van der Waals surface area contributed by atoms with Gasteiger partial charge in [-0.05, 0) is 38.1 Å². The summed E-state index contributed by atoms with van der Waals surface area (Å²) in [5.74, 6) is 0.784. The number of benzene rings is 2. The number of nitrogens with one attached hydrogen (secondary N) is 1. The van der Waals surface area contributed by atoms with Crippen LogP contribution in [0.5, 0.6) is 11.5 Å². The van der Waals surface area contributed by atoms with Crippen LogP contribution in [0.2, 0.25) is 0 Å². The topological polar surface area (TPSA) is 143 Å². The van der Waals surface area contributed by atoms with Crippen LogP contribution in [-0.4, -0.2) is 72.8 Å². The van der Waals surface area contributed by atoms with Gasteiger partial charge < -0.3 is 29.2 Å². The first kappa shape index (κ1) is 30.3. The zero-order valence-electron chi connectivity index (χ0n) is 25.0. The van der Waals surface area contributed by atoms with Crippen LogP contribution in [-0.2, 0) is 16.0 Å². The fourth-order valence-electron chi connectivity index (χ4n) is 5.00. The highest BCUT2D eigenvalue weighted by Crippen LogP contribution is 2.38. The molecule has 44 heavy (non-hydrogen) atoms. The maximum absolute atomic E-state index is 13.1. The van der Waals surface area contributed by atoms with E-state index in [0.29, 0.717) is 49.2 Å². The van der Waals surface area contributed by atoms with Gasteiger partial charge in [0.05, 0.1) is 44.7 Å². The number of anilines is 2. The van der Waals surface area contributed by atoms with Gasteiger partial charge in [0.2, 0.25) is 5.82 Å². The summed E-state index contributed by atoms with van der Waals surface area (Å²) in [5.41, 5.74) is 3.35. The number of morpholine rings is 1. The molecule has 230 valence electrons. The average molecular weight is 603 g/mol. The van der Waals surface area contributed by atoms with Crippen LogP contribution in [0.25, 0.3) is 17.1 Å². The number of hydrogen-bond acceptors (Lipinski definition) is 11. The van der Waals surface area contributed by atoms with Crippen LogP contribution in [0.1, 0.15) is 28.5 Å². The summed E-state index contributed by atoms with van der Waals surface area (Å²) in [5, 5.41) is 20.4. The quantitative estimate of drug-likeness (QED) is 0.144. The first-order valence-electron chi connectivity index (χ1n) is 14.1. The maximum atomic E-state index is 13.1. The van der Waals surface area contributed by atoms with Crippen molar-refractivity contribution < 1.29 is 28.7 Å². The minimum Gasteiger partial charge on any atom is -0.497 e. The van der Waals surface area contributed by atoms with Crippen molar-refractivity contribution in [2.45, 2.75) is 20.4 Å². The summed E-state index contributed by atoms with van der Waals surface area (Å²) >= 11 is 0. The van der Waals surface area contributed by atoms with E-state index in [2.05, 4.69) is 10.3 Å². The summed E-state index contributed by atoms with van der Waals surface area (Å²) in [6.07, 6.45) is 0. The van der Waals surface area contributed by atoms with E-state index in [4.69, 9.17) is 24.0 Å². The fraction of sp³-hybridized carbons (Fsp3) is 0.323. The first-order chi connectivity index (χ1) is 21.3. The molecule has 0 bridgehead atoms. The van der Waals surface area contributed by atoms with Crippen molar-refractivity contribution in [3.05, 3.63) is 81.5 Å². The Labute approximate surface area is 254 Å². The summed E-state index contributed by atoms with van der Waals surface area (Å²) < 4.78 is 23.1. The predicted octanol–water partition coefficient (Wildman–Crippen LogP) is 4.79. The van der Waals surface area contributed by atoms with Gasteiger partial charge in [0.15, 0.2) is 11.5 Å². The summed E-state index contributed by atoms with van der Waals surface area (Å²) in [6.45, 7) is 5.70. The zero-order chi connectivity index (χ0) is 31.2. The maximum Gasteiger partial charge on any atom is 0.357 e. The van der Waals surface area contributed by atoms with Crippen molar-refractivity contribution in [2.75, 3.05) is 57.3 Å². The van der Waals surface area contributed by atoms with E-state index in [9.17, 15) is 14.9 Å². The van der Waals surface area contributed by atoms with E-state index in [1.165, 1.54) is 11.8 Å². The standard InChI is InChI=1S/C31H34N6O7/c1-5-44-31(38)26-17-24(21-8-6-7-20(2)15-21)34-36(26)28-18-25(35-11-13-43-14-12-35)29(37(39)40)30(33-28)32-19-22-9-10-23(41-3)16-27(22)42-4/h6-10,15-18H,5,11-14,19H2,1-4H3,(H,32,33). The second kappa shape index (κ2) is 13.4. The number of rotatable bonds is 11. The highest BCUT2D eigenvalue weighted by Gasteiger charge is 2.30. The SMILES string of the molecule is CCOC(=O)c1cc(-c2cccc(C)c2)nn1-c1cc(N2CCOCC2)c([N+](=O)[O-])c(NCc2ccc(OC)cc2OC)n1. The number of aryl methyl sites for hydroxylation is 1. The van der Waals surface area contributed by atoms with Gasteiger partial charge in [-0.3, -0.25) is 10.1 Å². The van der Waals surface area contributed by atoms with E-state index < -0.39 is 10.9 Å². The Morgan fingerprint density at radius 1 is 1.09 bits per heavy atom. The van der Waals surface area contributed by atoms with Crippen LogP contribution in [0, 0.1) is 17.0 Å². The number of hydrogen-bond donors (Lipinski definition) is 1. The molecule has 0 amide bonds. The number of nitro groups is 1. The lowest BCUT2D eigenvalue weighted by Crippen LogP contribution is -2.37. The first-order valence-corrected chi connectivity index (χ1v) is 14.1. The molecule has 3 heterocycles. The molecule has 0 unspecified atom stereocenters. The lowest BCUT2D eigenvalue weighted by molar-refractivity contribution is -0.383. The fourth-order valence-corrected chi connectivity index (χ4v) is 5.00. The van der Waals surface area contributed by atoms with Crippen LogP contribution in [0.3, 0.4) is 0 Å². The third-order valence-corrected chi connectivity index (χ3v) is 7.16. The second-order valence-electron chi connectivity index (χ2n) is 10.0. The highest BCUT2D eigenvalue weighted by molar-refractivity contribution is 5.90. The molecule has 1 aliphatic heterocycles. The minimum absolute atomic E-state index is 0.00859. The number of carbonyl (C=O) groups excluding carboxylic acids is 1. The molecule has 0 atom stereocenters. The van der Waals surface area contributed by atoms with E-state index in [1.54, 1.807) is 38.3 Å². The van der Waals surface area contributed by atoms with Crippen LogP contribution in [0.4, 0.5) is 17.2 Å². The third kappa shape index (κ3) is 6.42. The molecule has 13 heteroatoms. The summed E-state index contributed by atoms with van der Waals surface area (Å²) in [6, 6.07) is 16.3. The molecule has 1 saturated heterocycles. The zero-order valence-corrected chi connectivity index (χ0v) is 25.0. The molecule has 0 radical (unpaired) electrons. The molecule has 5 rings (SSSR count). The Kier molecular flexibility index (Phi) is 9.24. The molecule has 13 nitrogen and oxygen atoms in total.